The quantitative estimate of drug-likeness (QED) is 0.244. The predicted molar refractivity (Wildman–Crippen MR) is 173 cm³/mol. The van der Waals surface area contributed by atoms with Gasteiger partial charge in [0.2, 0.25) is 11.8 Å². The molecule has 1 N–H and O–H groups in total. The van der Waals surface area contributed by atoms with Crippen LogP contribution in [-0.2, 0) is 26.2 Å². The minimum atomic E-state index is -4.16. The number of hydrogen-bond acceptors (Lipinski definition) is 4. The van der Waals surface area contributed by atoms with Gasteiger partial charge in [0.25, 0.3) is 10.0 Å². The maximum atomic E-state index is 14.3. The fourth-order valence-corrected chi connectivity index (χ4v) is 7.31. The second-order valence-electron chi connectivity index (χ2n) is 11.2. The fourth-order valence-electron chi connectivity index (χ4n) is 5.39. The van der Waals surface area contributed by atoms with Gasteiger partial charge in [-0.05, 0) is 87.6 Å². The third-order valence-electron chi connectivity index (χ3n) is 8.14. The summed E-state index contributed by atoms with van der Waals surface area (Å²) in [5.41, 5.74) is 3.64. The van der Waals surface area contributed by atoms with Gasteiger partial charge in [-0.2, -0.15) is 0 Å². The smallest absolute Gasteiger partial charge is 0.264 e. The molecule has 0 saturated heterocycles. The standard InChI is InChI=1S/C33H39Cl2N3O4S/c1-5-31(33(40)36-25-9-6-7-10-25)37(20-28-29(34)11-8-12-30(28)35)32(39)21-38(26-16-15-23(3)24(4)19-26)43(41,42)27-17-13-22(2)14-18-27/h8,11-19,25,31H,5-7,9-10,20-21H2,1-4H3,(H,36,40). The maximum absolute atomic E-state index is 14.3. The molecule has 0 bridgehead atoms. The highest BCUT2D eigenvalue weighted by Crippen LogP contribution is 2.30. The zero-order valence-corrected chi connectivity index (χ0v) is 27.4. The number of hydrogen-bond donors (Lipinski definition) is 1. The SMILES string of the molecule is CCC(C(=O)NC1CCCC1)N(Cc1c(Cl)cccc1Cl)C(=O)CN(c1ccc(C)c(C)c1)S(=O)(=O)c1ccc(C)cc1. The zero-order chi connectivity index (χ0) is 31.3. The Balaban J connectivity index is 1.76. The Morgan fingerprint density at radius 3 is 2.14 bits per heavy atom. The van der Waals surface area contributed by atoms with Crippen molar-refractivity contribution in [3.05, 3.63) is 93.0 Å². The Hall–Kier alpha value is -3.07. The lowest BCUT2D eigenvalue weighted by Gasteiger charge is -2.34. The average Bonchev–Trinajstić information content (AvgIpc) is 3.47. The minimum absolute atomic E-state index is 0.0522. The third kappa shape index (κ3) is 7.72. The topological polar surface area (TPSA) is 86.8 Å². The number of benzene rings is 3. The van der Waals surface area contributed by atoms with Crippen molar-refractivity contribution in [1.82, 2.24) is 10.2 Å². The van der Waals surface area contributed by atoms with Crippen molar-refractivity contribution in [2.24, 2.45) is 0 Å². The van der Waals surface area contributed by atoms with Gasteiger partial charge in [0, 0.05) is 28.2 Å². The summed E-state index contributed by atoms with van der Waals surface area (Å²) in [6.45, 7) is 6.96. The van der Waals surface area contributed by atoms with Crippen LogP contribution in [0.3, 0.4) is 0 Å². The molecule has 1 saturated carbocycles. The van der Waals surface area contributed by atoms with E-state index in [4.69, 9.17) is 23.2 Å². The second-order valence-corrected chi connectivity index (χ2v) is 13.9. The summed E-state index contributed by atoms with van der Waals surface area (Å²) < 4.78 is 29.3. The van der Waals surface area contributed by atoms with Crippen molar-refractivity contribution in [3.8, 4) is 0 Å². The molecule has 230 valence electrons. The van der Waals surface area contributed by atoms with Gasteiger partial charge in [-0.3, -0.25) is 13.9 Å². The first-order chi connectivity index (χ1) is 20.4. The molecule has 1 unspecified atom stereocenters. The second kappa shape index (κ2) is 14.1. The van der Waals surface area contributed by atoms with E-state index in [-0.39, 0.29) is 23.4 Å². The van der Waals surface area contributed by atoms with Crippen molar-refractivity contribution < 1.29 is 18.0 Å². The van der Waals surface area contributed by atoms with Crippen LogP contribution in [0.25, 0.3) is 0 Å². The van der Waals surface area contributed by atoms with E-state index in [2.05, 4.69) is 5.32 Å². The molecule has 0 aromatic heterocycles. The number of carbonyl (C=O) groups is 2. The van der Waals surface area contributed by atoms with Gasteiger partial charge in [0.15, 0.2) is 0 Å². The number of halogens is 2. The number of aryl methyl sites for hydroxylation is 3. The van der Waals surface area contributed by atoms with Crippen molar-refractivity contribution in [2.75, 3.05) is 10.8 Å². The molecule has 1 atom stereocenters. The molecule has 7 nitrogen and oxygen atoms in total. The van der Waals surface area contributed by atoms with E-state index in [1.54, 1.807) is 42.5 Å². The summed E-state index contributed by atoms with van der Waals surface area (Å²) in [4.78, 5) is 29.4. The van der Waals surface area contributed by atoms with Gasteiger partial charge < -0.3 is 10.2 Å². The fraction of sp³-hybridized carbons (Fsp3) is 0.394. The van der Waals surface area contributed by atoms with Crippen LogP contribution < -0.4 is 9.62 Å². The zero-order valence-electron chi connectivity index (χ0n) is 25.1. The highest BCUT2D eigenvalue weighted by atomic mass is 35.5. The Labute approximate surface area is 265 Å². The summed E-state index contributed by atoms with van der Waals surface area (Å²) in [5, 5.41) is 3.82. The molecule has 2 amide bonds. The van der Waals surface area contributed by atoms with E-state index in [0.717, 1.165) is 46.7 Å². The van der Waals surface area contributed by atoms with Crippen LogP contribution in [0.1, 0.15) is 61.3 Å². The van der Waals surface area contributed by atoms with Crippen molar-refractivity contribution >= 4 is 50.7 Å². The highest BCUT2D eigenvalue weighted by Gasteiger charge is 2.35. The molecule has 10 heteroatoms. The Morgan fingerprint density at radius 2 is 1.56 bits per heavy atom. The summed E-state index contributed by atoms with van der Waals surface area (Å²) >= 11 is 13.0. The van der Waals surface area contributed by atoms with E-state index >= 15 is 0 Å². The number of rotatable bonds is 11. The van der Waals surface area contributed by atoms with Gasteiger partial charge in [-0.1, -0.05) is 72.8 Å². The lowest BCUT2D eigenvalue weighted by molar-refractivity contribution is -0.140. The molecule has 3 aromatic rings. The summed E-state index contributed by atoms with van der Waals surface area (Å²) in [6.07, 6.45) is 4.19. The number of carbonyl (C=O) groups excluding carboxylic acids is 2. The molecule has 0 radical (unpaired) electrons. The number of sulfonamides is 1. The molecular formula is C33H39Cl2N3O4S. The number of nitrogens with one attached hydrogen (secondary N) is 1. The monoisotopic (exact) mass is 643 g/mol. The third-order valence-corrected chi connectivity index (χ3v) is 10.6. The molecular weight excluding hydrogens is 605 g/mol. The van der Waals surface area contributed by atoms with Crippen molar-refractivity contribution in [2.45, 2.75) is 83.3 Å². The van der Waals surface area contributed by atoms with E-state index in [0.29, 0.717) is 27.7 Å². The largest absolute Gasteiger partial charge is 0.352 e. The molecule has 0 heterocycles. The Morgan fingerprint density at radius 1 is 0.930 bits per heavy atom. The summed E-state index contributed by atoms with van der Waals surface area (Å²) in [5.74, 6) is -0.816. The molecule has 0 aliphatic heterocycles. The van der Waals surface area contributed by atoms with Crippen LogP contribution in [0.15, 0.2) is 65.6 Å². The molecule has 1 aliphatic rings. The van der Waals surface area contributed by atoms with Crippen molar-refractivity contribution in [3.63, 3.8) is 0 Å². The first-order valence-corrected chi connectivity index (χ1v) is 16.8. The molecule has 1 fully saturated rings. The lowest BCUT2D eigenvalue weighted by atomic mass is 10.1. The minimum Gasteiger partial charge on any atom is -0.352 e. The lowest BCUT2D eigenvalue weighted by Crippen LogP contribution is -2.53. The van der Waals surface area contributed by atoms with Crippen LogP contribution in [0, 0.1) is 20.8 Å². The van der Waals surface area contributed by atoms with E-state index < -0.39 is 28.5 Å². The molecule has 43 heavy (non-hydrogen) atoms. The Bertz CT molecular complexity index is 1550. The molecule has 0 spiro atoms. The average molecular weight is 645 g/mol. The number of nitrogens with zero attached hydrogens (tertiary/aromatic N) is 2. The van der Waals surface area contributed by atoms with Gasteiger partial charge in [-0.15, -0.1) is 0 Å². The predicted octanol–water partition coefficient (Wildman–Crippen LogP) is 6.98. The molecule has 1 aliphatic carbocycles. The van der Waals surface area contributed by atoms with Crippen LogP contribution in [0.5, 0.6) is 0 Å². The number of amides is 2. The van der Waals surface area contributed by atoms with Crippen LogP contribution >= 0.6 is 23.2 Å². The summed E-state index contributed by atoms with van der Waals surface area (Å²) in [7, 11) is -4.16. The first kappa shape index (κ1) is 32.8. The Kier molecular flexibility index (Phi) is 10.8. The normalized spacial score (nSPS) is 14.4. The van der Waals surface area contributed by atoms with Crippen LogP contribution in [-0.4, -0.2) is 43.8 Å². The van der Waals surface area contributed by atoms with Crippen LogP contribution in [0.2, 0.25) is 10.0 Å². The van der Waals surface area contributed by atoms with E-state index in [1.165, 1.54) is 17.0 Å². The van der Waals surface area contributed by atoms with Crippen molar-refractivity contribution in [1.29, 1.82) is 0 Å². The van der Waals surface area contributed by atoms with Gasteiger partial charge in [-0.25, -0.2) is 8.42 Å². The molecule has 3 aromatic carbocycles. The van der Waals surface area contributed by atoms with E-state index in [1.807, 2.05) is 33.8 Å². The summed E-state index contributed by atoms with van der Waals surface area (Å²) in [6, 6.07) is 16.1. The highest BCUT2D eigenvalue weighted by molar-refractivity contribution is 7.92. The van der Waals surface area contributed by atoms with Gasteiger partial charge in [0.1, 0.15) is 12.6 Å². The molecule has 4 rings (SSSR count). The van der Waals surface area contributed by atoms with E-state index in [9.17, 15) is 18.0 Å². The van der Waals surface area contributed by atoms with Gasteiger partial charge in [0.05, 0.1) is 10.6 Å². The van der Waals surface area contributed by atoms with Gasteiger partial charge >= 0.3 is 0 Å². The first-order valence-electron chi connectivity index (χ1n) is 14.6. The number of anilines is 1. The van der Waals surface area contributed by atoms with Crippen LogP contribution in [0.4, 0.5) is 5.69 Å². The maximum Gasteiger partial charge on any atom is 0.264 e.